The lowest BCUT2D eigenvalue weighted by atomic mass is 10.1. The van der Waals surface area contributed by atoms with E-state index in [0.717, 1.165) is 51.8 Å². The van der Waals surface area contributed by atoms with E-state index >= 15 is 0 Å². The van der Waals surface area contributed by atoms with Crippen molar-refractivity contribution in [1.82, 2.24) is 19.9 Å². The van der Waals surface area contributed by atoms with E-state index in [1.165, 1.54) is 0 Å². The number of aromatic amines is 2. The first-order valence-corrected chi connectivity index (χ1v) is 8.91. The topological polar surface area (TPSA) is 123 Å². The molecule has 0 unspecified atom stereocenters. The summed E-state index contributed by atoms with van der Waals surface area (Å²) in [7, 11) is 0. The number of hydrogen-bond acceptors (Lipinski definition) is 5. The summed E-state index contributed by atoms with van der Waals surface area (Å²) in [4.78, 5) is 22.5. The number of benzene rings is 2. The normalized spacial score (nSPS) is 14.0. The van der Waals surface area contributed by atoms with Crippen LogP contribution in [0.15, 0.2) is 48.0 Å². The lowest BCUT2D eigenvalue weighted by Gasteiger charge is -2.17. The van der Waals surface area contributed by atoms with Crippen molar-refractivity contribution in [2.24, 2.45) is 10.7 Å². The number of nitrogens with one attached hydrogen (secondary N) is 3. The second-order valence-electron chi connectivity index (χ2n) is 6.62. The number of imidazole rings is 2. The molecule has 8 heteroatoms. The summed E-state index contributed by atoms with van der Waals surface area (Å²) < 4.78 is 0. The highest BCUT2D eigenvalue weighted by molar-refractivity contribution is 6.12. The highest BCUT2D eigenvalue weighted by Gasteiger charge is 2.23. The molecular weight excluding hydrogens is 352 g/mol. The van der Waals surface area contributed by atoms with Crippen LogP contribution in [0.25, 0.3) is 28.1 Å². The highest BCUT2D eigenvalue weighted by atomic mass is 15.3. The predicted octanol–water partition coefficient (Wildman–Crippen LogP) is 2.63. The molecule has 0 saturated heterocycles. The Kier molecular flexibility index (Phi) is 3.51. The van der Waals surface area contributed by atoms with Gasteiger partial charge in [0.05, 0.1) is 28.6 Å². The molecule has 4 aromatic rings. The fourth-order valence-corrected chi connectivity index (χ4v) is 3.45. The minimum Gasteiger partial charge on any atom is -0.384 e. The van der Waals surface area contributed by atoms with Crippen LogP contribution in [0.4, 0.5) is 5.95 Å². The molecule has 0 bridgehead atoms. The summed E-state index contributed by atoms with van der Waals surface area (Å²) in [5.41, 5.74) is 10.7. The number of fused-ring (bicyclic) bond motifs is 2. The van der Waals surface area contributed by atoms with Crippen LogP contribution in [0, 0.1) is 5.41 Å². The summed E-state index contributed by atoms with van der Waals surface area (Å²) in [6, 6.07) is 11.6. The third-order valence-electron chi connectivity index (χ3n) is 4.83. The van der Waals surface area contributed by atoms with E-state index in [2.05, 4.69) is 31.4 Å². The molecule has 3 heterocycles. The Balaban J connectivity index is 1.54. The van der Waals surface area contributed by atoms with E-state index in [1.807, 2.05) is 36.4 Å². The molecule has 0 radical (unpaired) electrons. The first-order valence-electron chi connectivity index (χ1n) is 8.91. The van der Waals surface area contributed by atoms with Gasteiger partial charge < -0.3 is 15.7 Å². The number of rotatable bonds is 4. The molecule has 0 spiro atoms. The maximum absolute atomic E-state index is 7.61. The van der Waals surface area contributed by atoms with Gasteiger partial charge in [-0.05, 0) is 42.5 Å². The van der Waals surface area contributed by atoms with E-state index in [-0.39, 0.29) is 5.84 Å². The molecular formula is C20H18N8. The lowest BCUT2D eigenvalue weighted by Crippen LogP contribution is -2.29. The Morgan fingerprint density at radius 1 is 1.11 bits per heavy atom. The van der Waals surface area contributed by atoms with Crippen LogP contribution in [-0.4, -0.2) is 44.7 Å². The van der Waals surface area contributed by atoms with Crippen LogP contribution >= 0.6 is 0 Å². The monoisotopic (exact) mass is 370 g/mol. The maximum Gasteiger partial charge on any atom is 0.209 e. The molecule has 8 nitrogen and oxygen atoms in total. The van der Waals surface area contributed by atoms with E-state index < -0.39 is 0 Å². The average molecular weight is 370 g/mol. The molecule has 2 aromatic carbocycles. The van der Waals surface area contributed by atoms with Gasteiger partial charge in [0.15, 0.2) is 0 Å². The number of anilines is 1. The molecule has 28 heavy (non-hydrogen) atoms. The van der Waals surface area contributed by atoms with Crippen molar-refractivity contribution in [3.8, 4) is 0 Å². The van der Waals surface area contributed by atoms with Gasteiger partial charge in [-0.3, -0.25) is 15.3 Å². The Bertz CT molecular complexity index is 1280. The van der Waals surface area contributed by atoms with Crippen LogP contribution in [0.2, 0.25) is 0 Å². The summed E-state index contributed by atoms with van der Waals surface area (Å²) in [6.45, 7) is 5.19. The van der Waals surface area contributed by atoms with Gasteiger partial charge in [-0.15, -0.1) is 0 Å². The molecule has 0 aliphatic carbocycles. The maximum atomic E-state index is 7.61. The third kappa shape index (κ3) is 2.54. The molecule has 138 valence electrons. The smallest absolute Gasteiger partial charge is 0.209 e. The van der Waals surface area contributed by atoms with Gasteiger partial charge >= 0.3 is 0 Å². The van der Waals surface area contributed by atoms with Gasteiger partial charge in [0, 0.05) is 17.7 Å². The quantitative estimate of drug-likeness (QED) is 0.326. The molecule has 0 saturated carbocycles. The SMILES string of the molecule is C=Cc1nc2cc(C3=NCCN3c3nc4cc(C(=N)N)ccc4[nH]3)ccc2[nH]1. The summed E-state index contributed by atoms with van der Waals surface area (Å²) in [5.74, 6) is 2.36. The Labute approximate surface area is 160 Å². The van der Waals surface area contributed by atoms with Crippen LogP contribution in [0.3, 0.4) is 0 Å². The number of amidine groups is 2. The molecule has 5 N–H and O–H groups in total. The second-order valence-corrected chi connectivity index (χ2v) is 6.62. The van der Waals surface area contributed by atoms with E-state index in [0.29, 0.717) is 12.1 Å². The lowest BCUT2D eigenvalue weighted by molar-refractivity contribution is 0.988. The van der Waals surface area contributed by atoms with E-state index in [9.17, 15) is 0 Å². The number of nitrogens with two attached hydrogens (primary N) is 1. The third-order valence-corrected chi connectivity index (χ3v) is 4.83. The zero-order valence-corrected chi connectivity index (χ0v) is 15.0. The van der Waals surface area contributed by atoms with Gasteiger partial charge in [-0.25, -0.2) is 9.97 Å². The largest absolute Gasteiger partial charge is 0.384 e. The van der Waals surface area contributed by atoms with Crippen molar-refractivity contribution in [3.63, 3.8) is 0 Å². The number of nitrogen functional groups attached to an aromatic ring is 1. The Morgan fingerprint density at radius 2 is 1.89 bits per heavy atom. The van der Waals surface area contributed by atoms with Crippen molar-refractivity contribution in [3.05, 3.63) is 59.9 Å². The van der Waals surface area contributed by atoms with Gasteiger partial charge in [-0.1, -0.05) is 6.58 Å². The molecule has 2 aromatic heterocycles. The van der Waals surface area contributed by atoms with Crippen molar-refractivity contribution < 1.29 is 0 Å². The first kappa shape index (κ1) is 16.2. The fraction of sp³-hybridized carbons (Fsp3) is 0.100. The minimum absolute atomic E-state index is 0.0288. The van der Waals surface area contributed by atoms with Crippen LogP contribution < -0.4 is 10.6 Å². The number of nitrogens with zero attached hydrogens (tertiary/aromatic N) is 4. The Hall–Kier alpha value is -3.94. The van der Waals surface area contributed by atoms with Gasteiger partial charge in [0.25, 0.3) is 0 Å². The van der Waals surface area contributed by atoms with Crippen molar-refractivity contribution in [2.75, 3.05) is 18.0 Å². The molecule has 0 fully saturated rings. The molecule has 0 atom stereocenters. The second kappa shape index (κ2) is 6.05. The summed E-state index contributed by atoms with van der Waals surface area (Å²) in [6.07, 6.45) is 1.70. The molecule has 0 amide bonds. The summed E-state index contributed by atoms with van der Waals surface area (Å²) in [5, 5.41) is 7.61. The van der Waals surface area contributed by atoms with Crippen molar-refractivity contribution >= 4 is 45.8 Å². The van der Waals surface area contributed by atoms with Gasteiger partial charge in [0.1, 0.15) is 17.5 Å². The van der Waals surface area contributed by atoms with Crippen LogP contribution in [0.1, 0.15) is 17.0 Å². The van der Waals surface area contributed by atoms with Crippen molar-refractivity contribution in [2.45, 2.75) is 0 Å². The highest BCUT2D eigenvalue weighted by Crippen LogP contribution is 2.24. The fourth-order valence-electron chi connectivity index (χ4n) is 3.45. The van der Waals surface area contributed by atoms with Gasteiger partial charge in [0.2, 0.25) is 5.95 Å². The number of aromatic nitrogens is 4. The Morgan fingerprint density at radius 3 is 2.71 bits per heavy atom. The molecule has 1 aliphatic rings. The molecule has 1 aliphatic heterocycles. The van der Waals surface area contributed by atoms with Crippen LogP contribution in [-0.2, 0) is 0 Å². The average Bonchev–Trinajstić information content (AvgIpc) is 3.42. The molecule has 5 rings (SSSR count). The zero-order chi connectivity index (χ0) is 19.3. The first-order chi connectivity index (χ1) is 13.6. The van der Waals surface area contributed by atoms with Gasteiger partial charge in [-0.2, -0.15) is 0 Å². The van der Waals surface area contributed by atoms with E-state index in [4.69, 9.17) is 16.1 Å². The van der Waals surface area contributed by atoms with Crippen molar-refractivity contribution in [1.29, 1.82) is 5.41 Å². The van der Waals surface area contributed by atoms with Crippen LogP contribution in [0.5, 0.6) is 0 Å². The standard InChI is InChI=1S/C20H18N8/c1-2-17-24-13-6-4-12(10-15(13)25-17)19-23-7-8-28(19)20-26-14-5-3-11(18(21)22)9-16(14)27-20/h2-6,9-10H,1,7-8H2,(H3,21,22)(H,24,25)(H,26,27). The zero-order valence-electron chi connectivity index (χ0n) is 15.0. The minimum atomic E-state index is 0.0288. The number of aliphatic imine (C=N–C) groups is 1. The van der Waals surface area contributed by atoms with E-state index in [1.54, 1.807) is 6.08 Å². The predicted molar refractivity (Wildman–Crippen MR) is 112 cm³/mol. The number of hydrogen-bond donors (Lipinski definition) is 4. The summed E-state index contributed by atoms with van der Waals surface area (Å²) >= 11 is 0. The number of H-pyrrole nitrogens is 2.